The lowest BCUT2D eigenvalue weighted by Crippen LogP contribution is -2.34. The van der Waals surface area contributed by atoms with Gasteiger partial charge in [0.25, 0.3) is 5.91 Å². The van der Waals surface area contributed by atoms with Crippen LogP contribution in [-0.4, -0.2) is 23.9 Å². The molecule has 0 saturated heterocycles. The standard InChI is InChI=1S/C16H23N3O2.ClH/c1-10(2)18-15(20)11-6-8-12(9-7-11)19-16(21)13-4-3-5-14(13)17;/h6-10,13-14H,3-5,17H2,1-2H3,(H,18,20)(H,19,21);1H. The molecule has 2 amide bonds. The molecular weight excluding hydrogens is 302 g/mol. The van der Waals surface area contributed by atoms with Crippen molar-refractivity contribution in [2.75, 3.05) is 5.32 Å². The number of nitrogens with one attached hydrogen (secondary N) is 2. The monoisotopic (exact) mass is 325 g/mol. The third kappa shape index (κ3) is 4.71. The second-order valence-corrected chi connectivity index (χ2v) is 5.90. The van der Waals surface area contributed by atoms with Gasteiger partial charge in [-0.25, -0.2) is 0 Å². The number of rotatable bonds is 4. The van der Waals surface area contributed by atoms with Gasteiger partial charge >= 0.3 is 0 Å². The highest BCUT2D eigenvalue weighted by Gasteiger charge is 2.30. The third-order valence-electron chi connectivity index (χ3n) is 3.74. The molecule has 0 heterocycles. The maximum Gasteiger partial charge on any atom is 0.251 e. The molecule has 6 heteroatoms. The van der Waals surface area contributed by atoms with Crippen LogP contribution in [0.25, 0.3) is 0 Å². The number of nitrogens with two attached hydrogens (primary N) is 1. The van der Waals surface area contributed by atoms with Crippen molar-refractivity contribution < 1.29 is 9.59 Å². The Morgan fingerprint density at radius 3 is 2.32 bits per heavy atom. The fraction of sp³-hybridized carbons (Fsp3) is 0.500. The molecule has 0 radical (unpaired) electrons. The van der Waals surface area contributed by atoms with Crippen LogP contribution in [0.1, 0.15) is 43.5 Å². The van der Waals surface area contributed by atoms with Crippen molar-refractivity contribution in [3.63, 3.8) is 0 Å². The summed E-state index contributed by atoms with van der Waals surface area (Å²) in [5, 5.41) is 5.70. The van der Waals surface area contributed by atoms with Crippen molar-refractivity contribution in [1.82, 2.24) is 5.32 Å². The first-order valence-corrected chi connectivity index (χ1v) is 7.44. The molecule has 0 spiro atoms. The molecule has 1 aromatic carbocycles. The highest BCUT2D eigenvalue weighted by atomic mass is 35.5. The second-order valence-electron chi connectivity index (χ2n) is 5.90. The maximum atomic E-state index is 12.1. The predicted octanol–water partition coefficient (Wildman–Crippen LogP) is 2.31. The number of benzene rings is 1. The molecular formula is C16H24ClN3O2. The molecule has 2 rings (SSSR count). The summed E-state index contributed by atoms with van der Waals surface area (Å²) >= 11 is 0. The van der Waals surface area contributed by atoms with Crippen LogP contribution >= 0.6 is 12.4 Å². The highest BCUT2D eigenvalue weighted by molar-refractivity contribution is 5.96. The first-order valence-electron chi connectivity index (χ1n) is 7.44. The number of carbonyl (C=O) groups is 2. The van der Waals surface area contributed by atoms with Crippen LogP contribution in [0, 0.1) is 5.92 Å². The van der Waals surface area contributed by atoms with E-state index in [9.17, 15) is 9.59 Å². The Bertz CT molecular complexity index is 517. The van der Waals surface area contributed by atoms with E-state index in [0.29, 0.717) is 11.3 Å². The van der Waals surface area contributed by atoms with Gasteiger partial charge in [0.2, 0.25) is 5.91 Å². The molecule has 2 unspecified atom stereocenters. The van der Waals surface area contributed by atoms with Crippen LogP contribution < -0.4 is 16.4 Å². The Morgan fingerprint density at radius 2 is 1.82 bits per heavy atom. The molecule has 0 bridgehead atoms. The van der Waals surface area contributed by atoms with Crippen LogP contribution in [0.4, 0.5) is 5.69 Å². The van der Waals surface area contributed by atoms with E-state index in [4.69, 9.17) is 5.73 Å². The predicted molar refractivity (Wildman–Crippen MR) is 90.2 cm³/mol. The SMILES string of the molecule is CC(C)NC(=O)c1ccc(NC(=O)C2CCCC2N)cc1.Cl. The molecule has 5 nitrogen and oxygen atoms in total. The zero-order valence-corrected chi connectivity index (χ0v) is 13.8. The second kappa shape index (κ2) is 8.15. The number of halogens is 1. The fourth-order valence-corrected chi connectivity index (χ4v) is 2.60. The molecule has 1 fully saturated rings. The minimum Gasteiger partial charge on any atom is -0.350 e. The van der Waals surface area contributed by atoms with E-state index in [1.165, 1.54) is 0 Å². The van der Waals surface area contributed by atoms with Gasteiger partial charge in [0.1, 0.15) is 0 Å². The van der Waals surface area contributed by atoms with Gasteiger partial charge in [0.15, 0.2) is 0 Å². The molecule has 122 valence electrons. The molecule has 1 aromatic rings. The van der Waals surface area contributed by atoms with Crippen LogP contribution in [0.2, 0.25) is 0 Å². The Balaban J connectivity index is 0.00000242. The number of anilines is 1. The largest absolute Gasteiger partial charge is 0.350 e. The smallest absolute Gasteiger partial charge is 0.251 e. The van der Waals surface area contributed by atoms with Crippen molar-refractivity contribution in [3.05, 3.63) is 29.8 Å². The van der Waals surface area contributed by atoms with Crippen molar-refractivity contribution in [2.24, 2.45) is 11.7 Å². The van der Waals surface area contributed by atoms with Crippen molar-refractivity contribution in [3.8, 4) is 0 Å². The van der Waals surface area contributed by atoms with E-state index in [1.54, 1.807) is 24.3 Å². The lowest BCUT2D eigenvalue weighted by molar-refractivity contribution is -0.120. The Morgan fingerprint density at radius 1 is 1.18 bits per heavy atom. The van der Waals surface area contributed by atoms with Crippen LogP contribution in [0.15, 0.2) is 24.3 Å². The molecule has 1 saturated carbocycles. The minimum absolute atomic E-state index is 0. The Hall–Kier alpha value is -1.59. The summed E-state index contributed by atoms with van der Waals surface area (Å²) in [6.07, 6.45) is 2.77. The molecule has 2 atom stereocenters. The van der Waals surface area contributed by atoms with Gasteiger partial charge in [-0.05, 0) is 51.0 Å². The summed E-state index contributed by atoms with van der Waals surface area (Å²) in [6.45, 7) is 3.83. The van der Waals surface area contributed by atoms with Gasteiger partial charge < -0.3 is 16.4 Å². The normalized spacial score (nSPS) is 20.4. The molecule has 4 N–H and O–H groups in total. The van der Waals surface area contributed by atoms with Crippen molar-refractivity contribution in [2.45, 2.75) is 45.2 Å². The lowest BCUT2D eigenvalue weighted by atomic mass is 10.0. The van der Waals surface area contributed by atoms with Crippen molar-refractivity contribution in [1.29, 1.82) is 0 Å². The minimum atomic E-state index is -0.110. The van der Waals surface area contributed by atoms with Gasteiger partial charge in [-0.1, -0.05) is 6.42 Å². The molecule has 1 aliphatic rings. The van der Waals surface area contributed by atoms with E-state index in [1.807, 2.05) is 13.8 Å². The van der Waals surface area contributed by atoms with Gasteiger partial charge in [-0.15, -0.1) is 12.4 Å². The average Bonchev–Trinajstić information content (AvgIpc) is 2.85. The highest BCUT2D eigenvalue weighted by Crippen LogP contribution is 2.25. The summed E-state index contributed by atoms with van der Waals surface area (Å²) in [5.74, 6) is -0.242. The summed E-state index contributed by atoms with van der Waals surface area (Å²) in [7, 11) is 0. The topological polar surface area (TPSA) is 84.2 Å². The van der Waals surface area contributed by atoms with Crippen LogP contribution in [-0.2, 0) is 4.79 Å². The number of hydrogen-bond donors (Lipinski definition) is 3. The summed E-state index contributed by atoms with van der Waals surface area (Å²) < 4.78 is 0. The molecule has 22 heavy (non-hydrogen) atoms. The number of amides is 2. The quantitative estimate of drug-likeness (QED) is 0.794. The van der Waals surface area contributed by atoms with Gasteiger partial charge in [-0.3, -0.25) is 9.59 Å². The summed E-state index contributed by atoms with van der Waals surface area (Å²) in [5.41, 5.74) is 7.21. The summed E-state index contributed by atoms with van der Waals surface area (Å²) in [4.78, 5) is 23.9. The Kier molecular flexibility index (Phi) is 6.84. The van der Waals surface area contributed by atoms with E-state index < -0.39 is 0 Å². The molecule has 1 aliphatic carbocycles. The van der Waals surface area contributed by atoms with Gasteiger partial charge in [-0.2, -0.15) is 0 Å². The Labute approximate surface area is 137 Å². The van der Waals surface area contributed by atoms with E-state index >= 15 is 0 Å². The number of carbonyl (C=O) groups excluding carboxylic acids is 2. The zero-order chi connectivity index (χ0) is 15.4. The first kappa shape index (κ1) is 18.5. The van der Waals surface area contributed by atoms with Gasteiger partial charge in [0, 0.05) is 23.3 Å². The van der Waals surface area contributed by atoms with E-state index in [-0.39, 0.29) is 42.2 Å². The molecule has 0 aromatic heterocycles. The van der Waals surface area contributed by atoms with E-state index in [2.05, 4.69) is 10.6 Å². The van der Waals surface area contributed by atoms with Crippen molar-refractivity contribution >= 4 is 29.9 Å². The third-order valence-corrected chi connectivity index (χ3v) is 3.74. The van der Waals surface area contributed by atoms with E-state index in [0.717, 1.165) is 19.3 Å². The first-order chi connectivity index (χ1) is 9.97. The molecule has 0 aliphatic heterocycles. The fourth-order valence-electron chi connectivity index (χ4n) is 2.60. The number of hydrogen-bond acceptors (Lipinski definition) is 3. The van der Waals surface area contributed by atoms with Crippen LogP contribution in [0.3, 0.4) is 0 Å². The average molecular weight is 326 g/mol. The maximum absolute atomic E-state index is 12.1. The van der Waals surface area contributed by atoms with Gasteiger partial charge in [0.05, 0.1) is 5.92 Å². The van der Waals surface area contributed by atoms with Crippen LogP contribution in [0.5, 0.6) is 0 Å². The summed E-state index contributed by atoms with van der Waals surface area (Å²) in [6, 6.07) is 6.97. The zero-order valence-electron chi connectivity index (χ0n) is 13.0. The lowest BCUT2D eigenvalue weighted by Gasteiger charge is -2.15.